The number of tetrazole rings is 1. The Hall–Kier alpha value is -1.05. The molecule has 0 aliphatic rings. The molecule has 0 aromatic carbocycles. The first kappa shape index (κ1) is 16.0. The number of nitrogens with zero attached hydrogens (tertiary/aromatic N) is 5. The molecule has 2 aromatic rings. The van der Waals surface area contributed by atoms with Gasteiger partial charge in [-0.05, 0) is 22.6 Å². The third-order valence-corrected chi connectivity index (χ3v) is 3.87. The van der Waals surface area contributed by atoms with Crippen LogP contribution in [-0.2, 0) is 20.6 Å². The van der Waals surface area contributed by atoms with Gasteiger partial charge in [0.2, 0.25) is 5.16 Å². The van der Waals surface area contributed by atoms with E-state index in [0.717, 1.165) is 30.4 Å². The van der Waals surface area contributed by atoms with Crippen LogP contribution in [-0.4, -0.2) is 37.1 Å². The molecule has 8 heteroatoms. The van der Waals surface area contributed by atoms with Crippen molar-refractivity contribution in [2.24, 2.45) is 14.1 Å². The summed E-state index contributed by atoms with van der Waals surface area (Å²) >= 11 is 1.71. The van der Waals surface area contributed by atoms with Gasteiger partial charge in [-0.3, -0.25) is 0 Å². The molecule has 2 aromatic heterocycles. The molecule has 0 bridgehead atoms. The quantitative estimate of drug-likeness (QED) is 0.432. The van der Waals surface area contributed by atoms with Gasteiger partial charge in [-0.1, -0.05) is 11.8 Å². The van der Waals surface area contributed by atoms with E-state index in [-0.39, 0.29) is 12.4 Å². The standard InChI is InChI=1S/C11H18N6S.ClH/c1-16-7-3-5-10(16)9-12-6-4-8-18-11-13-14-15-17(11)2;/h3,5,7,12H,4,6,8-9H2,1-2H3;1H. The number of nitrogens with two attached hydrogens (primary N) is 1. The Morgan fingerprint density at radius 2 is 2.21 bits per heavy atom. The summed E-state index contributed by atoms with van der Waals surface area (Å²) in [6.07, 6.45) is 3.24. The first-order chi connectivity index (χ1) is 8.77. The molecule has 106 valence electrons. The highest BCUT2D eigenvalue weighted by Gasteiger charge is 2.03. The Morgan fingerprint density at radius 3 is 2.84 bits per heavy atom. The molecule has 2 N–H and O–H groups in total. The lowest BCUT2D eigenvalue weighted by molar-refractivity contribution is -0.671. The van der Waals surface area contributed by atoms with Crippen molar-refractivity contribution in [3.05, 3.63) is 24.0 Å². The van der Waals surface area contributed by atoms with Crippen LogP contribution in [0.1, 0.15) is 12.1 Å². The highest BCUT2D eigenvalue weighted by Crippen LogP contribution is 2.12. The highest BCUT2D eigenvalue weighted by molar-refractivity contribution is 7.99. The summed E-state index contributed by atoms with van der Waals surface area (Å²) in [5.74, 6) is 1.05. The summed E-state index contributed by atoms with van der Waals surface area (Å²) in [5.41, 5.74) is 1.36. The van der Waals surface area contributed by atoms with E-state index in [0.29, 0.717) is 0 Å². The maximum absolute atomic E-state index is 3.94. The van der Waals surface area contributed by atoms with Crippen LogP contribution in [0, 0.1) is 0 Å². The SMILES string of the molecule is Cn1cccc1C[NH2+]CCCSc1nnnn1C.[Cl-]. The molecule has 2 heterocycles. The van der Waals surface area contributed by atoms with E-state index < -0.39 is 0 Å². The minimum absolute atomic E-state index is 0. The topological polar surface area (TPSA) is 65.1 Å². The van der Waals surface area contributed by atoms with E-state index in [2.05, 4.69) is 50.8 Å². The van der Waals surface area contributed by atoms with Gasteiger partial charge in [-0.2, -0.15) is 0 Å². The van der Waals surface area contributed by atoms with Gasteiger partial charge in [0.05, 0.1) is 12.2 Å². The van der Waals surface area contributed by atoms with Crippen LogP contribution in [0.15, 0.2) is 23.5 Å². The van der Waals surface area contributed by atoms with Gasteiger partial charge < -0.3 is 22.3 Å². The van der Waals surface area contributed by atoms with Crippen LogP contribution in [0.2, 0.25) is 0 Å². The fraction of sp³-hybridized carbons (Fsp3) is 0.545. The first-order valence-corrected chi connectivity index (χ1v) is 7.03. The van der Waals surface area contributed by atoms with Gasteiger partial charge in [0, 0.05) is 32.5 Å². The Labute approximate surface area is 123 Å². The lowest BCUT2D eigenvalue weighted by atomic mass is 10.4. The van der Waals surface area contributed by atoms with Crippen LogP contribution >= 0.6 is 11.8 Å². The summed E-state index contributed by atoms with van der Waals surface area (Å²) < 4.78 is 3.87. The van der Waals surface area contributed by atoms with Gasteiger partial charge in [0.1, 0.15) is 6.54 Å². The van der Waals surface area contributed by atoms with Gasteiger partial charge in [-0.15, -0.1) is 5.10 Å². The average molecular weight is 303 g/mol. The summed E-state index contributed by atoms with van der Waals surface area (Å²) in [6.45, 7) is 2.17. The second kappa shape index (κ2) is 8.19. The number of hydrogen-bond acceptors (Lipinski definition) is 4. The number of thioether (sulfide) groups is 1. The molecular weight excluding hydrogens is 284 g/mol. The van der Waals surface area contributed by atoms with Crippen LogP contribution < -0.4 is 17.7 Å². The third kappa shape index (κ3) is 4.85. The van der Waals surface area contributed by atoms with Crippen LogP contribution in [0.5, 0.6) is 0 Å². The minimum atomic E-state index is 0. The molecule has 0 atom stereocenters. The second-order valence-electron chi connectivity index (χ2n) is 4.18. The van der Waals surface area contributed by atoms with Crippen LogP contribution in [0.4, 0.5) is 0 Å². The fourth-order valence-electron chi connectivity index (χ4n) is 1.69. The van der Waals surface area contributed by atoms with Gasteiger partial charge in [0.25, 0.3) is 0 Å². The van der Waals surface area contributed by atoms with Crippen LogP contribution in [0.3, 0.4) is 0 Å². The molecule has 0 spiro atoms. The Kier molecular flexibility index (Phi) is 6.90. The lowest BCUT2D eigenvalue weighted by Crippen LogP contribution is -3.00. The molecular formula is C11H19ClN6S. The van der Waals surface area contributed by atoms with Gasteiger partial charge >= 0.3 is 0 Å². The number of rotatable bonds is 7. The van der Waals surface area contributed by atoms with Crippen molar-refractivity contribution in [3.8, 4) is 0 Å². The molecule has 2 rings (SSSR count). The average Bonchev–Trinajstić information content (AvgIpc) is 2.94. The molecule has 0 fully saturated rings. The number of aryl methyl sites for hydroxylation is 2. The third-order valence-electron chi connectivity index (χ3n) is 2.77. The number of halogens is 1. The summed E-state index contributed by atoms with van der Waals surface area (Å²) in [6, 6.07) is 4.25. The Morgan fingerprint density at radius 1 is 1.37 bits per heavy atom. The smallest absolute Gasteiger partial charge is 0.209 e. The minimum Gasteiger partial charge on any atom is -1.00 e. The zero-order valence-corrected chi connectivity index (χ0v) is 12.7. The van der Waals surface area contributed by atoms with Crippen molar-refractivity contribution in [1.82, 2.24) is 24.8 Å². The normalized spacial score (nSPS) is 10.4. The van der Waals surface area contributed by atoms with E-state index in [1.165, 1.54) is 5.69 Å². The van der Waals surface area contributed by atoms with Crippen molar-refractivity contribution in [1.29, 1.82) is 0 Å². The predicted molar refractivity (Wildman–Crippen MR) is 70.0 cm³/mol. The van der Waals surface area contributed by atoms with Crippen molar-refractivity contribution in [2.45, 2.75) is 18.1 Å². The van der Waals surface area contributed by atoms with E-state index in [9.17, 15) is 0 Å². The molecule has 6 nitrogen and oxygen atoms in total. The molecule has 19 heavy (non-hydrogen) atoms. The Bertz CT molecular complexity index is 439. The maximum Gasteiger partial charge on any atom is 0.209 e. The van der Waals surface area contributed by atoms with E-state index in [1.54, 1.807) is 16.4 Å². The van der Waals surface area contributed by atoms with Crippen LogP contribution in [0.25, 0.3) is 0 Å². The van der Waals surface area contributed by atoms with Crippen molar-refractivity contribution in [2.75, 3.05) is 12.3 Å². The summed E-state index contributed by atoms with van der Waals surface area (Å²) in [4.78, 5) is 0. The molecule has 0 unspecified atom stereocenters. The molecule has 0 aliphatic heterocycles. The van der Waals surface area contributed by atoms with E-state index >= 15 is 0 Å². The van der Waals surface area contributed by atoms with Crippen molar-refractivity contribution >= 4 is 11.8 Å². The second-order valence-corrected chi connectivity index (χ2v) is 5.24. The number of hydrogen-bond donors (Lipinski definition) is 1. The van der Waals surface area contributed by atoms with Gasteiger partial charge in [-0.25, -0.2) is 4.68 Å². The zero-order chi connectivity index (χ0) is 12.8. The summed E-state index contributed by atoms with van der Waals surface area (Å²) in [5, 5.41) is 14.6. The Balaban J connectivity index is 0.00000180. The predicted octanol–water partition coefficient (Wildman–Crippen LogP) is -3.20. The first-order valence-electron chi connectivity index (χ1n) is 6.04. The lowest BCUT2D eigenvalue weighted by Gasteiger charge is -2.03. The van der Waals surface area contributed by atoms with Crippen molar-refractivity contribution < 1.29 is 17.7 Å². The zero-order valence-electron chi connectivity index (χ0n) is 11.2. The fourth-order valence-corrected chi connectivity index (χ4v) is 2.50. The molecule has 0 saturated carbocycles. The van der Waals surface area contributed by atoms with Gasteiger partial charge in [0.15, 0.2) is 0 Å². The molecule has 0 saturated heterocycles. The molecule has 0 amide bonds. The number of aromatic nitrogens is 5. The monoisotopic (exact) mass is 302 g/mol. The summed E-state index contributed by atoms with van der Waals surface area (Å²) in [7, 11) is 3.95. The molecule has 0 radical (unpaired) electrons. The molecule has 0 aliphatic carbocycles. The van der Waals surface area contributed by atoms with E-state index in [1.807, 2.05) is 7.05 Å². The van der Waals surface area contributed by atoms with E-state index in [4.69, 9.17) is 0 Å². The number of quaternary nitrogens is 1. The highest BCUT2D eigenvalue weighted by atomic mass is 35.5. The maximum atomic E-state index is 3.94. The van der Waals surface area contributed by atoms with Crippen molar-refractivity contribution in [3.63, 3.8) is 0 Å². The largest absolute Gasteiger partial charge is 1.00 e.